The maximum Gasteiger partial charge on any atom is 0.322 e. The minimum absolute atomic E-state index is 0.102. The molecule has 0 radical (unpaired) electrons. The van der Waals surface area contributed by atoms with E-state index in [0.717, 1.165) is 0 Å². The molecule has 2 N–H and O–H groups in total. The molecule has 0 atom stereocenters. The van der Waals surface area contributed by atoms with Gasteiger partial charge in [-0.1, -0.05) is 11.6 Å². The highest BCUT2D eigenvalue weighted by Crippen LogP contribution is 2.24. The van der Waals surface area contributed by atoms with Crippen molar-refractivity contribution in [3.05, 3.63) is 16.5 Å². The summed E-state index contributed by atoms with van der Waals surface area (Å²) in [5.74, 6) is -0.134. The molecule has 1 aromatic heterocycles. The number of urea groups is 1. The summed E-state index contributed by atoms with van der Waals surface area (Å²) in [7, 11) is 0. The molecule has 16 heavy (non-hydrogen) atoms. The Morgan fingerprint density at radius 1 is 1.62 bits per heavy atom. The summed E-state index contributed by atoms with van der Waals surface area (Å²) in [6.07, 6.45) is 0. The first-order chi connectivity index (χ1) is 7.65. The Morgan fingerprint density at radius 3 is 3.06 bits per heavy atom. The molecule has 0 bridgehead atoms. The van der Waals surface area contributed by atoms with Crippen molar-refractivity contribution in [3.63, 3.8) is 0 Å². The first-order valence-electron chi connectivity index (χ1n) is 4.72. The zero-order chi connectivity index (χ0) is 11.5. The van der Waals surface area contributed by atoms with Gasteiger partial charge >= 0.3 is 6.03 Å². The van der Waals surface area contributed by atoms with Crippen molar-refractivity contribution < 1.29 is 9.59 Å². The van der Waals surface area contributed by atoms with Gasteiger partial charge in [-0.25, -0.2) is 4.79 Å². The summed E-state index contributed by atoms with van der Waals surface area (Å²) in [6, 6.07) is 1.40. The van der Waals surface area contributed by atoms with Gasteiger partial charge in [0.25, 0.3) is 0 Å². The number of rotatable bonds is 1. The Bertz CT molecular complexity index is 421. The molecule has 1 saturated heterocycles. The van der Waals surface area contributed by atoms with Crippen LogP contribution in [0.2, 0.25) is 5.02 Å². The highest BCUT2D eigenvalue weighted by Gasteiger charge is 2.21. The average molecular weight is 260 g/mol. The number of anilines is 1. The van der Waals surface area contributed by atoms with Crippen LogP contribution in [0.15, 0.2) is 11.4 Å². The Kier molecular flexibility index (Phi) is 3.31. The first-order valence-corrected chi connectivity index (χ1v) is 5.97. The minimum Gasteiger partial charge on any atom is -0.353 e. The smallest absolute Gasteiger partial charge is 0.322 e. The predicted octanol–water partition coefficient (Wildman–Crippen LogP) is 1.37. The molecule has 1 aliphatic heterocycles. The fourth-order valence-electron chi connectivity index (χ4n) is 1.37. The van der Waals surface area contributed by atoms with Gasteiger partial charge < -0.3 is 10.2 Å². The second-order valence-corrected chi connectivity index (χ2v) is 4.68. The molecule has 0 unspecified atom stereocenters. The lowest BCUT2D eigenvalue weighted by Gasteiger charge is -2.26. The zero-order valence-corrected chi connectivity index (χ0v) is 9.90. The van der Waals surface area contributed by atoms with Crippen LogP contribution in [0.25, 0.3) is 0 Å². The third-order valence-electron chi connectivity index (χ3n) is 2.12. The number of amides is 3. The molecular formula is C9H10ClN3O2S. The van der Waals surface area contributed by atoms with E-state index in [1.807, 2.05) is 0 Å². The van der Waals surface area contributed by atoms with Gasteiger partial charge in [-0.15, -0.1) is 11.3 Å². The molecule has 1 aromatic rings. The summed E-state index contributed by atoms with van der Waals surface area (Å²) in [4.78, 5) is 24.3. The van der Waals surface area contributed by atoms with Gasteiger partial charge in [0, 0.05) is 18.5 Å². The Morgan fingerprint density at radius 2 is 2.44 bits per heavy atom. The van der Waals surface area contributed by atoms with E-state index in [2.05, 4.69) is 10.6 Å². The van der Waals surface area contributed by atoms with Crippen LogP contribution in [0, 0.1) is 0 Å². The fraction of sp³-hybridized carbons (Fsp3) is 0.333. The van der Waals surface area contributed by atoms with Crippen molar-refractivity contribution in [2.24, 2.45) is 0 Å². The minimum atomic E-state index is -0.270. The topological polar surface area (TPSA) is 61.4 Å². The maximum atomic E-state index is 11.7. The summed E-state index contributed by atoms with van der Waals surface area (Å²) in [6.45, 7) is 1.12. The highest BCUT2D eigenvalue weighted by molar-refractivity contribution is 7.14. The van der Waals surface area contributed by atoms with Crippen LogP contribution in [0.4, 0.5) is 9.80 Å². The Balaban J connectivity index is 1.94. The number of nitrogens with one attached hydrogen (secondary N) is 2. The standard InChI is InChI=1S/C9H10ClN3O2S/c10-6-3-8(16-5-6)12-9(15)13-2-1-11-7(14)4-13/h3,5H,1-2,4H2,(H,11,14)(H,12,15). The number of carbonyl (C=O) groups is 2. The molecule has 1 fully saturated rings. The van der Waals surface area contributed by atoms with Gasteiger partial charge in [-0.05, 0) is 6.07 Å². The molecule has 7 heteroatoms. The number of hydrogen-bond acceptors (Lipinski definition) is 3. The molecular weight excluding hydrogens is 250 g/mol. The molecule has 2 heterocycles. The molecule has 0 aliphatic carbocycles. The second-order valence-electron chi connectivity index (χ2n) is 3.33. The summed E-state index contributed by atoms with van der Waals surface area (Å²) in [5.41, 5.74) is 0. The van der Waals surface area contributed by atoms with Crippen molar-refractivity contribution in [1.29, 1.82) is 0 Å². The van der Waals surface area contributed by atoms with Gasteiger partial charge in [0.2, 0.25) is 5.91 Å². The molecule has 5 nitrogen and oxygen atoms in total. The molecule has 0 spiro atoms. The van der Waals surface area contributed by atoms with E-state index in [1.54, 1.807) is 11.4 Å². The number of piperazine rings is 1. The molecule has 2 rings (SSSR count). The third kappa shape index (κ3) is 2.65. The number of halogens is 1. The average Bonchev–Trinajstić information content (AvgIpc) is 2.64. The molecule has 1 aliphatic rings. The number of hydrogen-bond donors (Lipinski definition) is 2. The van der Waals surface area contributed by atoms with Crippen LogP contribution in [0.1, 0.15) is 0 Å². The molecule has 0 aromatic carbocycles. The van der Waals surface area contributed by atoms with Crippen molar-refractivity contribution >= 4 is 39.9 Å². The van der Waals surface area contributed by atoms with E-state index in [1.165, 1.54) is 16.2 Å². The van der Waals surface area contributed by atoms with Crippen LogP contribution in [0.5, 0.6) is 0 Å². The van der Waals surface area contributed by atoms with Crippen molar-refractivity contribution in [3.8, 4) is 0 Å². The van der Waals surface area contributed by atoms with Crippen molar-refractivity contribution in [2.75, 3.05) is 25.0 Å². The van der Waals surface area contributed by atoms with Gasteiger partial charge in [0.15, 0.2) is 0 Å². The molecule has 3 amide bonds. The van der Waals surface area contributed by atoms with Gasteiger partial charge in [-0.2, -0.15) is 0 Å². The zero-order valence-electron chi connectivity index (χ0n) is 8.33. The van der Waals surface area contributed by atoms with Gasteiger partial charge in [0.1, 0.15) is 6.54 Å². The van der Waals surface area contributed by atoms with E-state index in [9.17, 15) is 9.59 Å². The maximum absolute atomic E-state index is 11.7. The van der Waals surface area contributed by atoms with Gasteiger partial charge in [-0.3, -0.25) is 10.1 Å². The van der Waals surface area contributed by atoms with Crippen LogP contribution in [0.3, 0.4) is 0 Å². The Labute approximate surface area is 101 Å². The van der Waals surface area contributed by atoms with Crippen LogP contribution >= 0.6 is 22.9 Å². The lowest BCUT2D eigenvalue weighted by molar-refractivity contribution is -0.123. The van der Waals surface area contributed by atoms with Crippen molar-refractivity contribution in [2.45, 2.75) is 0 Å². The largest absolute Gasteiger partial charge is 0.353 e. The van der Waals surface area contributed by atoms with Crippen LogP contribution in [-0.2, 0) is 4.79 Å². The van der Waals surface area contributed by atoms with E-state index < -0.39 is 0 Å². The fourth-order valence-corrected chi connectivity index (χ4v) is 2.33. The van der Waals surface area contributed by atoms with E-state index in [0.29, 0.717) is 23.1 Å². The van der Waals surface area contributed by atoms with Crippen LogP contribution in [-0.4, -0.2) is 36.5 Å². The lowest BCUT2D eigenvalue weighted by atomic mass is 10.4. The number of nitrogens with zero attached hydrogens (tertiary/aromatic N) is 1. The lowest BCUT2D eigenvalue weighted by Crippen LogP contribution is -2.51. The SMILES string of the molecule is O=C1CN(C(=O)Nc2cc(Cl)cs2)CCN1. The van der Waals surface area contributed by atoms with E-state index >= 15 is 0 Å². The third-order valence-corrected chi connectivity index (χ3v) is 3.32. The summed E-state index contributed by atoms with van der Waals surface area (Å²) in [5, 5.41) is 8.36. The molecule has 0 saturated carbocycles. The quantitative estimate of drug-likeness (QED) is 0.800. The van der Waals surface area contributed by atoms with E-state index in [-0.39, 0.29) is 18.5 Å². The molecule has 86 valence electrons. The van der Waals surface area contributed by atoms with Crippen LogP contribution < -0.4 is 10.6 Å². The monoisotopic (exact) mass is 259 g/mol. The number of thiophene rings is 1. The van der Waals surface area contributed by atoms with E-state index in [4.69, 9.17) is 11.6 Å². The normalized spacial score (nSPS) is 15.8. The van der Waals surface area contributed by atoms with Gasteiger partial charge in [0.05, 0.1) is 10.0 Å². The first kappa shape index (κ1) is 11.2. The Hall–Kier alpha value is -1.27. The summed E-state index contributed by atoms with van der Waals surface area (Å²) >= 11 is 7.09. The summed E-state index contributed by atoms with van der Waals surface area (Å²) < 4.78 is 0. The predicted molar refractivity (Wildman–Crippen MR) is 62.9 cm³/mol. The number of carbonyl (C=O) groups excluding carboxylic acids is 2. The van der Waals surface area contributed by atoms with Crippen molar-refractivity contribution in [1.82, 2.24) is 10.2 Å². The highest BCUT2D eigenvalue weighted by atomic mass is 35.5. The second kappa shape index (κ2) is 4.71.